The summed E-state index contributed by atoms with van der Waals surface area (Å²) in [6.45, 7) is 2.21. The molecular formula is C12H16O2. The van der Waals surface area contributed by atoms with Gasteiger partial charge in [-0.2, -0.15) is 0 Å². The lowest BCUT2D eigenvalue weighted by atomic mass is 9.98. The summed E-state index contributed by atoms with van der Waals surface area (Å²) >= 11 is 0. The second-order valence-corrected chi connectivity index (χ2v) is 4.09. The molecule has 1 heterocycles. The predicted octanol–water partition coefficient (Wildman–Crippen LogP) is 1.77. The van der Waals surface area contributed by atoms with E-state index < -0.39 is 0 Å². The van der Waals surface area contributed by atoms with Crippen molar-refractivity contribution in [1.82, 2.24) is 0 Å². The Balaban J connectivity index is 1.84. The highest BCUT2D eigenvalue weighted by molar-refractivity contribution is 5.16. The van der Waals surface area contributed by atoms with Crippen LogP contribution in [0.3, 0.4) is 0 Å². The van der Waals surface area contributed by atoms with Crippen molar-refractivity contribution in [3.8, 4) is 0 Å². The van der Waals surface area contributed by atoms with Crippen molar-refractivity contribution in [2.45, 2.75) is 31.5 Å². The third kappa shape index (κ3) is 1.97. The third-order valence-corrected chi connectivity index (χ3v) is 2.95. The van der Waals surface area contributed by atoms with Crippen LogP contribution in [0.25, 0.3) is 0 Å². The van der Waals surface area contributed by atoms with E-state index in [0.29, 0.717) is 0 Å². The van der Waals surface area contributed by atoms with Gasteiger partial charge in [-0.15, -0.1) is 0 Å². The number of hydrogen-bond donors (Lipinski definition) is 1. The van der Waals surface area contributed by atoms with Gasteiger partial charge in [-0.1, -0.05) is 30.3 Å². The van der Waals surface area contributed by atoms with Crippen LogP contribution < -0.4 is 0 Å². The average molecular weight is 192 g/mol. The first kappa shape index (κ1) is 9.69. The molecule has 2 nitrogen and oxygen atoms in total. The van der Waals surface area contributed by atoms with Crippen LogP contribution in [-0.2, 0) is 11.2 Å². The minimum Gasteiger partial charge on any atom is -0.394 e. The molecule has 1 aliphatic heterocycles. The van der Waals surface area contributed by atoms with E-state index in [-0.39, 0.29) is 18.3 Å². The molecule has 0 spiro atoms. The van der Waals surface area contributed by atoms with Gasteiger partial charge >= 0.3 is 0 Å². The molecule has 0 saturated carbocycles. The highest BCUT2D eigenvalue weighted by Gasteiger charge is 2.50. The lowest BCUT2D eigenvalue weighted by Crippen LogP contribution is -2.13. The zero-order chi connectivity index (χ0) is 10.0. The van der Waals surface area contributed by atoms with E-state index in [1.165, 1.54) is 5.56 Å². The van der Waals surface area contributed by atoms with Gasteiger partial charge in [-0.3, -0.25) is 0 Å². The first-order valence-electron chi connectivity index (χ1n) is 5.07. The van der Waals surface area contributed by atoms with Gasteiger partial charge in [-0.25, -0.2) is 0 Å². The molecule has 2 unspecified atom stereocenters. The molecule has 2 atom stereocenters. The van der Waals surface area contributed by atoms with Crippen molar-refractivity contribution in [2.24, 2.45) is 0 Å². The lowest BCUT2D eigenvalue weighted by Gasteiger charge is -2.05. The SMILES string of the molecule is CC1(CCc2ccccc2)OC1CO. The normalized spacial score (nSPS) is 30.3. The molecule has 1 fully saturated rings. The molecular weight excluding hydrogens is 176 g/mol. The second kappa shape index (κ2) is 3.71. The Kier molecular flexibility index (Phi) is 2.57. The Labute approximate surface area is 84.5 Å². The number of aliphatic hydroxyl groups is 1. The molecule has 1 aromatic rings. The summed E-state index contributed by atoms with van der Waals surface area (Å²) in [6.07, 6.45) is 2.07. The van der Waals surface area contributed by atoms with Gasteiger partial charge in [0.2, 0.25) is 0 Å². The fraction of sp³-hybridized carbons (Fsp3) is 0.500. The van der Waals surface area contributed by atoms with Crippen LogP contribution in [0.1, 0.15) is 18.9 Å². The highest BCUT2D eigenvalue weighted by atomic mass is 16.6. The summed E-state index contributed by atoms with van der Waals surface area (Å²) in [5, 5.41) is 8.91. The van der Waals surface area contributed by atoms with E-state index in [0.717, 1.165) is 12.8 Å². The predicted molar refractivity (Wildman–Crippen MR) is 55.1 cm³/mol. The van der Waals surface area contributed by atoms with Crippen LogP contribution in [-0.4, -0.2) is 23.4 Å². The molecule has 14 heavy (non-hydrogen) atoms. The number of aliphatic hydroxyl groups excluding tert-OH is 1. The summed E-state index contributed by atoms with van der Waals surface area (Å²) in [5.74, 6) is 0. The van der Waals surface area contributed by atoms with E-state index in [9.17, 15) is 0 Å². The van der Waals surface area contributed by atoms with Crippen molar-refractivity contribution < 1.29 is 9.84 Å². The first-order chi connectivity index (χ1) is 6.74. The molecule has 1 aromatic carbocycles. The summed E-state index contributed by atoms with van der Waals surface area (Å²) in [4.78, 5) is 0. The van der Waals surface area contributed by atoms with Gasteiger partial charge in [-0.05, 0) is 25.3 Å². The summed E-state index contributed by atoms with van der Waals surface area (Å²) in [6, 6.07) is 10.4. The van der Waals surface area contributed by atoms with Gasteiger partial charge in [0.25, 0.3) is 0 Å². The smallest absolute Gasteiger partial charge is 0.110 e. The number of rotatable bonds is 4. The van der Waals surface area contributed by atoms with Crippen LogP contribution in [0.15, 0.2) is 30.3 Å². The fourth-order valence-electron chi connectivity index (χ4n) is 1.78. The van der Waals surface area contributed by atoms with E-state index in [1.54, 1.807) is 0 Å². The molecule has 0 aromatic heterocycles. The molecule has 76 valence electrons. The van der Waals surface area contributed by atoms with Crippen LogP contribution in [0.5, 0.6) is 0 Å². The van der Waals surface area contributed by atoms with E-state index >= 15 is 0 Å². The molecule has 2 heteroatoms. The number of aryl methyl sites for hydroxylation is 1. The van der Waals surface area contributed by atoms with E-state index in [2.05, 4.69) is 31.2 Å². The molecule has 1 aliphatic rings. The third-order valence-electron chi connectivity index (χ3n) is 2.95. The van der Waals surface area contributed by atoms with Gasteiger partial charge in [0.05, 0.1) is 12.2 Å². The Morgan fingerprint density at radius 2 is 2.07 bits per heavy atom. The number of hydrogen-bond acceptors (Lipinski definition) is 2. The van der Waals surface area contributed by atoms with E-state index in [4.69, 9.17) is 9.84 Å². The summed E-state index contributed by atoms with van der Waals surface area (Å²) in [7, 11) is 0. The average Bonchev–Trinajstić information content (AvgIpc) is 2.89. The molecule has 2 rings (SSSR count). The zero-order valence-corrected chi connectivity index (χ0v) is 8.44. The quantitative estimate of drug-likeness (QED) is 0.737. The Hall–Kier alpha value is -0.860. The van der Waals surface area contributed by atoms with Crippen molar-refractivity contribution in [3.05, 3.63) is 35.9 Å². The van der Waals surface area contributed by atoms with Gasteiger partial charge in [0, 0.05) is 0 Å². The zero-order valence-electron chi connectivity index (χ0n) is 8.44. The summed E-state index contributed by atoms with van der Waals surface area (Å²) < 4.78 is 5.43. The number of ether oxygens (including phenoxy) is 1. The van der Waals surface area contributed by atoms with E-state index in [1.807, 2.05) is 6.07 Å². The molecule has 1 saturated heterocycles. The molecule has 0 aliphatic carbocycles. The van der Waals surface area contributed by atoms with Crippen molar-refractivity contribution >= 4 is 0 Å². The van der Waals surface area contributed by atoms with Crippen molar-refractivity contribution in [1.29, 1.82) is 0 Å². The largest absolute Gasteiger partial charge is 0.394 e. The monoisotopic (exact) mass is 192 g/mol. The van der Waals surface area contributed by atoms with Gasteiger partial charge in [0.15, 0.2) is 0 Å². The minimum absolute atomic E-state index is 0.0613. The molecule has 0 amide bonds. The Bertz CT molecular complexity index is 296. The van der Waals surface area contributed by atoms with Crippen molar-refractivity contribution in [3.63, 3.8) is 0 Å². The second-order valence-electron chi connectivity index (χ2n) is 4.09. The highest BCUT2D eigenvalue weighted by Crippen LogP contribution is 2.39. The fourth-order valence-corrected chi connectivity index (χ4v) is 1.78. The molecule has 0 bridgehead atoms. The lowest BCUT2D eigenvalue weighted by molar-refractivity contribution is 0.235. The van der Waals surface area contributed by atoms with Crippen LogP contribution in [0, 0.1) is 0 Å². The van der Waals surface area contributed by atoms with Crippen LogP contribution in [0.2, 0.25) is 0 Å². The van der Waals surface area contributed by atoms with Gasteiger partial charge in [0.1, 0.15) is 6.10 Å². The van der Waals surface area contributed by atoms with Crippen LogP contribution in [0.4, 0.5) is 0 Å². The number of benzene rings is 1. The first-order valence-corrected chi connectivity index (χ1v) is 5.07. The topological polar surface area (TPSA) is 32.8 Å². The van der Waals surface area contributed by atoms with Crippen molar-refractivity contribution in [2.75, 3.05) is 6.61 Å². The Morgan fingerprint density at radius 3 is 2.64 bits per heavy atom. The molecule has 1 N–H and O–H groups in total. The maximum absolute atomic E-state index is 8.91. The Morgan fingerprint density at radius 1 is 1.36 bits per heavy atom. The summed E-state index contributed by atoms with van der Waals surface area (Å²) in [5.41, 5.74) is 1.26. The minimum atomic E-state index is -0.0788. The maximum atomic E-state index is 8.91. The molecule has 0 radical (unpaired) electrons. The standard InChI is InChI=1S/C12H16O2/c1-12(11(9-13)14-12)8-7-10-5-3-2-4-6-10/h2-6,11,13H,7-9H2,1H3. The van der Waals surface area contributed by atoms with Crippen LogP contribution >= 0.6 is 0 Å². The van der Waals surface area contributed by atoms with Gasteiger partial charge < -0.3 is 9.84 Å². The maximum Gasteiger partial charge on any atom is 0.110 e. The number of epoxide rings is 1.